The SMILES string of the molecule is O=C(O)CCC1CCCN(C(=O)C2CCN(C(=O)N3CCCC3)CC2)C1. The second kappa shape index (κ2) is 8.73. The minimum atomic E-state index is -0.761. The largest absolute Gasteiger partial charge is 0.481 e. The van der Waals surface area contributed by atoms with Crippen LogP contribution in [0.4, 0.5) is 4.79 Å². The average Bonchev–Trinajstić information content (AvgIpc) is 3.20. The summed E-state index contributed by atoms with van der Waals surface area (Å²) >= 11 is 0. The van der Waals surface area contributed by atoms with Gasteiger partial charge in [0.15, 0.2) is 0 Å². The van der Waals surface area contributed by atoms with E-state index in [-0.39, 0.29) is 24.3 Å². The number of rotatable bonds is 4. The number of carboxylic acids is 1. The predicted octanol–water partition coefficient (Wildman–Crippen LogP) is 2.02. The first-order valence-corrected chi connectivity index (χ1v) is 10.1. The number of carbonyl (C=O) groups is 3. The van der Waals surface area contributed by atoms with Crippen LogP contribution in [-0.4, -0.2) is 77.0 Å². The van der Waals surface area contributed by atoms with Crippen LogP contribution >= 0.6 is 0 Å². The van der Waals surface area contributed by atoms with Gasteiger partial charge in [-0.25, -0.2) is 4.79 Å². The van der Waals surface area contributed by atoms with Crippen molar-refractivity contribution in [2.24, 2.45) is 11.8 Å². The Labute approximate surface area is 155 Å². The molecule has 1 unspecified atom stereocenters. The van der Waals surface area contributed by atoms with Gasteiger partial charge in [0.2, 0.25) is 5.91 Å². The predicted molar refractivity (Wildman–Crippen MR) is 96.7 cm³/mol. The molecule has 0 aliphatic carbocycles. The lowest BCUT2D eigenvalue weighted by Gasteiger charge is -2.38. The Kier molecular flexibility index (Phi) is 6.38. The lowest BCUT2D eigenvalue weighted by atomic mass is 9.90. The summed E-state index contributed by atoms with van der Waals surface area (Å²) < 4.78 is 0. The molecule has 0 spiro atoms. The highest BCUT2D eigenvalue weighted by atomic mass is 16.4. The maximum Gasteiger partial charge on any atom is 0.319 e. The van der Waals surface area contributed by atoms with E-state index in [1.165, 1.54) is 0 Å². The Morgan fingerprint density at radius 2 is 1.42 bits per heavy atom. The lowest BCUT2D eigenvalue weighted by molar-refractivity contribution is -0.139. The number of hydrogen-bond acceptors (Lipinski definition) is 3. The molecule has 1 atom stereocenters. The molecule has 0 saturated carbocycles. The van der Waals surface area contributed by atoms with Crippen molar-refractivity contribution in [3.05, 3.63) is 0 Å². The molecular weight excluding hydrogens is 334 g/mol. The molecule has 3 fully saturated rings. The van der Waals surface area contributed by atoms with Crippen LogP contribution in [0.5, 0.6) is 0 Å². The molecule has 3 rings (SSSR count). The van der Waals surface area contributed by atoms with Crippen LogP contribution in [0.15, 0.2) is 0 Å². The van der Waals surface area contributed by atoms with E-state index in [4.69, 9.17) is 5.11 Å². The Bertz CT molecular complexity index is 525. The van der Waals surface area contributed by atoms with Gasteiger partial charge in [-0.1, -0.05) is 0 Å². The molecule has 0 aromatic rings. The zero-order chi connectivity index (χ0) is 18.5. The van der Waals surface area contributed by atoms with Gasteiger partial charge in [0.25, 0.3) is 0 Å². The molecule has 3 aliphatic heterocycles. The summed E-state index contributed by atoms with van der Waals surface area (Å²) in [6.45, 7) is 4.55. The zero-order valence-electron chi connectivity index (χ0n) is 15.6. The summed E-state index contributed by atoms with van der Waals surface area (Å²) in [5.41, 5.74) is 0. The number of hydrogen-bond donors (Lipinski definition) is 1. The van der Waals surface area contributed by atoms with E-state index in [0.29, 0.717) is 32.0 Å². The Balaban J connectivity index is 1.45. The Hall–Kier alpha value is -1.79. The Morgan fingerprint density at radius 3 is 2.08 bits per heavy atom. The standard InChI is InChI=1S/C19H31N3O4/c23-17(24)6-5-15-4-3-11-22(14-15)18(25)16-7-12-21(13-8-16)19(26)20-9-1-2-10-20/h15-16H,1-14H2,(H,23,24). The van der Waals surface area contributed by atoms with Gasteiger partial charge >= 0.3 is 12.0 Å². The number of aliphatic carboxylic acids is 1. The molecule has 3 saturated heterocycles. The average molecular weight is 365 g/mol. The van der Waals surface area contributed by atoms with Crippen LogP contribution in [-0.2, 0) is 9.59 Å². The van der Waals surface area contributed by atoms with Crippen molar-refractivity contribution in [3.8, 4) is 0 Å². The number of carboxylic acid groups (broad SMARTS) is 1. The molecule has 1 N–H and O–H groups in total. The van der Waals surface area contributed by atoms with Gasteiger partial charge in [0, 0.05) is 51.6 Å². The fraction of sp³-hybridized carbons (Fsp3) is 0.842. The Morgan fingerprint density at radius 1 is 0.808 bits per heavy atom. The van der Waals surface area contributed by atoms with Gasteiger partial charge in [0.05, 0.1) is 0 Å². The molecule has 3 aliphatic rings. The molecule has 0 bridgehead atoms. The monoisotopic (exact) mass is 365 g/mol. The first kappa shape index (κ1) is 19.0. The maximum atomic E-state index is 12.9. The van der Waals surface area contributed by atoms with E-state index in [1.54, 1.807) is 0 Å². The third-order valence-corrected chi connectivity index (χ3v) is 6.09. The molecule has 3 heterocycles. The third-order valence-electron chi connectivity index (χ3n) is 6.09. The highest BCUT2D eigenvalue weighted by Crippen LogP contribution is 2.26. The second-order valence-electron chi connectivity index (χ2n) is 7.96. The minimum absolute atomic E-state index is 0.0100. The summed E-state index contributed by atoms with van der Waals surface area (Å²) in [7, 11) is 0. The van der Waals surface area contributed by atoms with Crippen LogP contribution < -0.4 is 0 Å². The van der Waals surface area contributed by atoms with Crippen molar-refractivity contribution in [1.82, 2.24) is 14.7 Å². The van der Waals surface area contributed by atoms with Crippen molar-refractivity contribution in [2.45, 2.75) is 51.4 Å². The van der Waals surface area contributed by atoms with Crippen molar-refractivity contribution in [2.75, 3.05) is 39.3 Å². The summed E-state index contributed by atoms with van der Waals surface area (Å²) in [4.78, 5) is 41.9. The quantitative estimate of drug-likeness (QED) is 0.826. The summed E-state index contributed by atoms with van der Waals surface area (Å²) in [5.74, 6) is -0.238. The summed E-state index contributed by atoms with van der Waals surface area (Å²) in [6, 6.07) is 0.139. The van der Waals surface area contributed by atoms with E-state index in [1.807, 2.05) is 14.7 Å². The van der Waals surface area contributed by atoms with Gasteiger partial charge in [-0.3, -0.25) is 9.59 Å². The minimum Gasteiger partial charge on any atom is -0.481 e. The molecule has 0 aromatic carbocycles. The van der Waals surface area contributed by atoms with Crippen molar-refractivity contribution >= 4 is 17.9 Å². The van der Waals surface area contributed by atoms with Crippen molar-refractivity contribution in [1.29, 1.82) is 0 Å². The molecule has 26 heavy (non-hydrogen) atoms. The topological polar surface area (TPSA) is 81.2 Å². The molecular formula is C19H31N3O4. The second-order valence-corrected chi connectivity index (χ2v) is 7.96. The number of urea groups is 1. The van der Waals surface area contributed by atoms with Gasteiger partial charge in [-0.2, -0.15) is 0 Å². The van der Waals surface area contributed by atoms with Crippen molar-refractivity contribution in [3.63, 3.8) is 0 Å². The summed E-state index contributed by atoms with van der Waals surface area (Å²) in [5, 5.41) is 8.86. The van der Waals surface area contributed by atoms with Gasteiger partial charge in [0.1, 0.15) is 0 Å². The highest BCUT2D eigenvalue weighted by Gasteiger charge is 2.34. The van der Waals surface area contributed by atoms with E-state index in [9.17, 15) is 14.4 Å². The van der Waals surface area contributed by atoms with E-state index >= 15 is 0 Å². The number of nitrogens with zero attached hydrogens (tertiary/aromatic N) is 3. The van der Waals surface area contributed by atoms with Gasteiger partial charge in [-0.05, 0) is 50.9 Å². The molecule has 0 aromatic heterocycles. The smallest absolute Gasteiger partial charge is 0.319 e. The number of piperidine rings is 2. The van der Waals surface area contributed by atoms with E-state index in [0.717, 1.165) is 58.2 Å². The number of likely N-dealkylation sites (tertiary alicyclic amines) is 3. The van der Waals surface area contributed by atoms with Crippen LogP contribution in [0.3, 0.4) is 0 Å². The van der Waals surface area contributed by atoms with Gasteiger partial charge in [-0.15, -0.1) is 0 Å². The molecule has 7 heteroatoms. The third kappa shape index (κ3) is 4.68. The van der Waals surface area contributed by atoms with Crippen LogP contribution in [0.25, 0.3) is 0 Å². The van der Waals surface area contributed by atoms with Gasteiger partial charge < -0.3 is 19.8 Å². The zero-order valence-corrected chi connectivity index (χ0v) is 15.6. The lowest BCUT2D eigenvalue weighted by Crippen LogP contribution is -2.49. The number of carbonyl (C=O) groups excluding carboxylic acids is 2. The fourth-order valence-corrected chi connectivity index (χ4v) is 4.51. The van der Waals surface area contributed by atoms with Crippen LogP contribution in [0.1, 0.15) is 51.4 Å². The molecule has 7 nitrogen and oxygen atoms in total. The highest BCUT2D eigenvalue weighted by molar-refractivity contribution is 5.80. The van der Waals surface area contributed by atoms with E-state index < -0.39 is 5.97 Å². The van der Waals surface area contributed by atoms with E-state index in [2.05, 4.69) is 0 Å². The fourth-order valence-electron chi connectivity index (χ4n) is 4.51. The van der Waals surface area contributed by atoms with Crippen LogP contribution in [0, 0.1) is 11.8 Å². The van der Waals surface area contributed by atoms with Crippen LogP contribution in [0.2, 0.25) is 0 Å². The summed E-state index contributed by atoms with van der Waals surface area (Å²) in [6.07, 6.45) is 6.49. The first-order chi connectivity index (χ1) is 12.5. The number of amides is 3. The van der Waals surface area contributed by atoms with Crippen molar-refractivity contribution < 1.29 is 19.5 Å². The molecule has 3 amide bonds. The molecule has 146 valence electrons. The normalized spacial score (nSPS) is 24.8. The first-order valence-electron chi connectivity index (χ1n) is 10.1. The maximum absolute atomic E-state index is 12.9. The molecule has 0 radical (unpaired) electrons.